The van der Waals surface area contributed by atoms with E-state index < -0.39 is 20.8 Å². The fourth-order valence-corrected chi connectivity index (χ4v) is 3.76. The Labute approximate surface area is 146 Å². The number of hydrogen-bond acceptors (Lipinski definition) is 3. The van der Waals surface area contributed by atoms with E-state index in [1.165, 1.54) is 13.0 Å². The normalized spacial score (nSPS) is 27.9. The zero-order valence-corrected chi connectivity index (χ0v) is 14.6. The summed E-state index contributed by atoms with van der Waals surface area (Å²) in [5.74, 6) is -1.38. The summed E-state index contributed by atoms with van der Waals surface area (Å²) in [7, 11) is 0. The van der Waals surface area contributed by atoms with Crippen LogP contribution in [0.15, 0.2) is 36.1 Å². The van der Waals surface area contributed by atoms with E-state index in [1.54, 1.807) is 46.9 Å². The first-order valence-corrected chi connectivity index (χ1v) is 7.91. The maximum absolute atomic E-state index is 11.5. The molecule has 0 aromatic heterocycles. The predicted molar refractivity (Wildman–Crippen MR) is 89.5 cm³/mol. The van der Waals surface area contributed by atoms with E-state index in [0.717, 1.165) is 0 Å². The topological polar surface area (TPSA) is 83.8 Å². The molecule has 2 unspecified atom stereocenters. The van der Waals surface area contributed by atoms with Gasteiger partial charge in [0.15, 0.2) is 0 Å². The van der Waals surface area contributed by atoms with Crippen LogP contribution >= 0.6 is 34.2 Å². The van der Waals surface area contributed by atoms with Crippen molar-refractivity contribution in [2.24, 2.45) is 5.41 Å². The molecule has 118 valence electrons. The van der Waals surface area contributed by atoms with Crippen LogP contribution in [-0.4, -0.2) is 25.6 Å². The highest BCUT2D eigenvalue weighted by atomic mass is 127. The number of allylic oxidation sites excluding steroid dienone is 1. The molecule has 1 aliphatic carbocycles. The van der Waals surface area contributed by atoms with Crippen LogP contribution in [-0.2, 0) is 9.59 Å². The Morgan fingerprint density at radius 1 is 1.32 bits per heavy atom. The predicted octanol–water partition coefficient (Wildman–Crippen LogP) is 3.75. The van der Waals surface area contributed by atoms with Crippen LogP contribution in [0, 0.1) is 5.41 Å². The summed E-state index contributed by atoms with van der Waals surface area (Å²) in [6.07, 6.45) is 1.59. The molecular weight excluding hydrogens is 423 g/mol. The highest BCUT2D eigenvalue weighted by Crippen LogP contribution is 2.46. The van der Waals surface area contributed by atoms with Crippen LogP contribution in [0.1, 0.15) is 19.8 Å². The number of carboxylic acids is 2. The van der Waals surface area contributed by atoms with Gasteiger partial charge in [-0.2, -0.15) is 0 Å². The van der Waals surface area contributed by atoms with Crippen molar-refractivity contribution in [2.75, 3.05) is 0 Å². The van der Waals surface area contributed by atoms with Gasteiger partial charge in [-0.1, -0.05) is 40.3 Å². The second-order valence-corrected chi connectivity index (χ2v) is 8.02. The Morgan fingerprint density at radius 3 is 2.55 bits per heavy atom. The van der Waals surface area contributed by atoms with Gasteiger partial charge in [0.05, 0.1) is 5.41 Å². The van der Waals surface area contributed by atoms with E-state index in [0.29, 0.717) is 16.5 Å². The standard InChI is InChI=1S/C15H14ClIO5/c1-14(12(18)19)6-11(7-15(17,8-14)13(20)21)22-10-4-2-3-9(16)5-10/h2-6H,7-8H2,1H3,(H,18,19)(H,20,21). The number of ether oxygens (including phenoxy) is 1. The van der Waals surface area contributed by atoms with Crippen molar-refractivity contribution in [1.82, 2.24) is 0 Å². The third-order valence-corrected chi connectivity index (χ3v) is 4.96. The monoisotopic (exact) mass is 436 g/mol. The molecule has 22 heavy (non-hydrogen) atoms. The zero-order valence-electron chi connectivity index (χ0n) is 11.7. The van der Waals surface area contributed by atoms with Crippen LogP contribution in [0.3, 0.4) is 0 Å². The Morgan fingerprint density at radius 2 is 2.00 bits per heavy atom. The van der Waals surface area contributed by atoms with Gasteiger partial charge in [-0.3, -0.25) is 9.59 Å². The number of halogens is 2. The maximum atomic E-state index is 11.5. The number of carbonyl (C=O) groups is 2. The van der Waals surface area contributed by atoms with Gasteiger partial charge in [0, 0.05) is 11.4 Å². The van der Waals surface area contributed by atoms with Crippen molar-refractivity contribution in [3.63, 3.8) is 0 Å². The highest BCUT2D eigenvalue weighted by Gasteiger charge is 2.50. The molecule has 0 saturated carbocycles. The molecule has 1 aliphatic rings. The van der Waals surface area contributed by atoms with Crippen LogP contribution in [0.25, 0.3) is 0 Å². The highest BCUT2D eigenvalue weighted by molar-refractivity contribution is 14.1. The number of alkyl halides is 1. The van der Waals surface area contributed by atoms with Crippen LogP contribution in [0.5, 0.6) is 5.75 Å². The molecule has 2 N–H and O–H groups in total. The molecule has 1 aromatic carbocycles. The summed E-state index contributed by atoms with van der Waals surface area (Å²) in [6, 6.07) is 6.65. The van der Waals surface area contributed by atoms with Crippen molar-refractivity contribution in [1.29, 1.82) is 0 Å². The summed E-state index contributed by atoms with van der Waals surface area (Å²) in [5.41, 5.74) is -1.30. The second kappa shape index (κ2) is 6.08. The molecule has 2 atom stereocenters. The van der Waals surface area contributed by atoms with E-state index in [9.17, 15) is 19.8 Å². The molecule has 0 aliphatic heterocycles. The second-order valence-electron chi connectivity index (χ2n) is 5.52. The average molecular weight is 437 g/mol. The third-order valence-electron chi connectivity index (χ3n) is 3.50. The maximum Gasteiger partial charge on any atom is 0.320 e. The minimum absolute atomic E-state index is 0.00632. The lowest BCUT2D eigenvalue weighted by atomic mass is 9.74. The van der Waals surface area contributed by atoms with Crippen molar-refractivity contribution in [3.05, 3.63) is 41.1 Å². The number of hydrogen-bond donors (Lipinski definition) is 2. The molecule has 7 heteroatoms. The SMILES string of the molecule is CC1(C(=O)O)C=C(Oc2cccc(Cl)c2)CC(I)(C(=O)O)C1. The molecular formula is C15H14ClIO5. The Bertz CT molecular complexity index is 659. The number of benzene rings is 1. The molecule has 0 bridgehead atoms. The Balaban J connectivity index is 2.38. The molecule has 5 nitrogen and oxygen atoms in total. The summed E-state index contributed by atoms with van der Waals surface area (Å²) < 4.78 is 4.44. The molecule has 0 heterocycles. The van der Waals surface area contributed by atoms with Gasteiger partial charge in [0.2, 0.25) is 0 Å². The van der Waals surface area contributed by atoms with Crippen LogP contribution in [0.4, 0.5) is 0 Å². The lowest BCUT2D eigenvalue weighted by Crippen LogP contribution is -2.44. The fraction of sp³-hybridized carbons (Fsp3) is 0.333. The van der Waals surface area contributed by atoms with Crippen molar-refractivity contribution < 1.29 is 24.5 Å². The van der Waals surface area contributed by atoms with Gasteiger partial charge >= 0.3 is 11.9 Å². The van der Waals surface area contributed by atoms with E-state index in [2.05, 4.69) is 0 Å². The van der Waals surface area contributed by atoms with Crippen LogP contribution in [0.2, 0.25) is 5.02 Å². The first-order valence-electron chi connectivity index (χ1n) is 6.45. The van der Waals surface area contributed by atoms with Gasteiger partial charge < -0.3 is 14.9 Å². The first-order chi connectivity index (χ1) is 10.1. The molecule has 0 amide bonds. The van der Waals surface area contributed by atoms with Crippen molar-refractivity contribution >= 4 is 46.1 Å². The molecule has 0 fully saturated rings. The minimum Gasteiger partial charge on any atom is -0.481 e. The van der Waals surface area contributed by atoms with E-state index in [1.807, 2.05) is 0 Å². The average Bonchev–Trinajstić information content (AvgIpc) is 2.37. The largest absolute Gasteiger partial charge is 0.481 e. The molecule has 0 saturated heterocycles. The molecule has 1 aromatic rings. The third kappa shape index (κ3) is 3.55. The Kier molecular flexibility index (Phi) is 4.72. The number of carboxylic acid groups (broad SMARTS) is 2. The van der Waals surface area contributed by atoms with Gasteiger partial charge in [0.1, 0.15) is 14.9 Å². The number of rotatable bonds is 4. The first kappa shape index (κ1) is 17.1. The van der Waals surface area contributed by atoms with Crippen LogP contribution < -0.4 is 4.74 Å². The molecule has 2 rings (SSSR count). The van der Waals surface area contributed by atoms with E-state index in [4.69, 9.17) is 16.3 Å². The molecule has 0 spiro atoms. The van der Waals surface area contributed by atoms with Gasteiger partial charge in [-0.25, -0.2) is 0 Å². The zero-order chi connectivity index (χ0) is 16.5. The lowest BCUT2D eigenvalue weighted by molar-refractivity contribution is -0.148. The van der Waals surface area contributed by atoms with Gasteiger partial charge in [0.25, 0.3) is 0 Å². The summed E-state index contributed by atoms with van der Waals surface area (Å²) >= 11 is 7.68. The summed E-state index contributed by atoms with van der Waals surface area (Å²) in [4.78, 5) is 23.1. The van der Waals surface area contributed by atoms with Gasteiger partial charge in [-0.05, 0) is 37.6 Å². The van der Waals surface area contributed by atoms with E-state index >= 15 is 0 Å². The smallest absolute Gasteiger partial charge is 0.320 e. The van der Waals surface area contributed by atoms with Gasteiger partial charge in [-0.15, -0.1) is 0 Å². The number of aliphatic carboxylic acids is 2. The molecule has 0 radical (unpaired) electrons. The van der Waals surface area contributed by atoms with E-state index in [-0.39, 0.29) is 12.8 Å². The Hall–Kier alpha value is -1.28. The quantitative estimate of drug-likeness (QED) is 0.555. The minimum atomic E-state index is -1.30. The summed E-state index contributed by atoms with van der Waals surface area (Å²) in [6.45, 7) is 1.49. The summed E-state index contributed by atoms with van der Waals surface area (Å²) in [5, 5.41) is 19.3. The fourth-order valence-electron chi connectivity index (χ4n) is 2.41. The lowest BCUT2D eigenvalue weighted by Gasteiger charge is -2.36. The van der Waals surface area contributed by atoms with Crippen molar-refractivity contribution in [3.8, 4) is 5.75 Å². The van der Waals surface area contributed by atoms with Crippen molar-refractivity contribution in [2.45, 2.75) is 23.2 Å².